The average Bonchev–Trinajstić information content (AvgIpc) is 3.72. The number of imidazole rings is 1. The van der Waals surface area contributed by atoms with Crippen LogP contribution in [-0.2, 0) is 50.7 Å². The SMILES string of the molecule is CCCCCCCC[C@@H](O)CC(=O)SCCNC(=O)CCNC(=O)[C@H](O)C(C)(C)COP(=O)(O)OP(=O)(O)OC[C@H]1O[C@@H](n2cnc3c(N)ncnc32)[C@H](O)[C@@H]1OP(=O)(O)O. The monoisotopic (exact) mass is 951 g/mol. The van der Waals surface area contributed by atoms with Gasteiger partial charge in [-0.15, -0.1) is 0 Å². The Kier molecular flexibility index (Phi) is 20.8. The molecule has 11 N–H and O–H groups in total. The fourth-order valence-corrected chi connectivity index (χ4v) is 9.38. The van der Waals surface area contributed by atoms with E-state index in [0.29, 0.717) is 6.42 Å². The zero-order valence-corrected chi connectivity index (χ0v) is 37.3. The lowest BCUT2D eigenvalue weighted by Gasteiger charge is -2.30. The summed E-state index contributed by atoms with van der Waals surface area (Å²) < 4.78 is 62.2. The standard InChI is InChI=1S/C32H56N7O18P3S/c1-4-5-6-7-8-9-10-20(40)15-23(42)61-14-13-34-22(41)11-12-35-30(45)27(44)32(2,3)17-54-60(51,52)57-59(49,50)53-16-21-26(56-58(46,47)48)25(43)31(55-21)39-19-38-24-28(33)36-18-37-29(24)39/h18-21,25-27,31,40,43-44H,4-17H2,1-3H3,(H,34,41)(H,35,45)(H,49,50)(H,51,52)(H2,33,36,37)(H2,46,47,48)/t20-,21-,25-,26-,27+,31-/m1/s1. The summed E-state index contributed by atoms with van der Waals surface area (Å²) in [4.78, 5) is 88.0. The topological polar surface area (TPSA) is 384 Å². The highest BCUT2D eigenvalue weighted by molar-refractivity contribution is 8.13. The zero-order valence-electron chi connectivity index (χ0n) is 33.8. The number of phosphoric ester groups is 3. The maximum Gasteiger partial charge on any atom is 0.481 e. The summed E-state index contributed by atoms with van der Waals surface area (Å²) in [7, 11) is -16.4. The second kappa shape index (κ2) is 24.0. The highest BCUT2D eigenvalue weighted by Crippen LogP contribution is 2.61. The number of ether oxygens (including phenoxy) is 1. The van der Waals surface area contributed by atoms with Crippen molar-refractivity contribution >= 4 is 69.1 Å². The van der Waals surface area contributed by atoms with E-state index in [1.54, 1.807) is 0 Å². The lowest BCUT2D eigenvalue weighted by Crippen LogP contribution is -2.46. The van der Waals surface area contributed by atoms with Gasteiger partial charge < -0.3 is 56.0 Å². The molecule has 2 unspecified atom stereocenters. The number of carbonyl (C=O) groups excluding carboxylic acids is 3. The van der Waals surface area contributed by atoms with Crippen LogP contribution in [0.4, 0.5) is 5.82 Å². The summed E-state index contributed by atoms with van der Waals surface area (Å²) in [5.74, 6) is -1.22. The number of rotatable bonds is 28. The van der Waals surface area contributed by atoms with Crippen molar-refractivity contribution in [2.24, 2.45) is 5.41 Å². The lowest BCUT2D eigenvalue weighted by atomic mass is 9.87. The minimum Gasteiger partial charge on any atom is -0.393 e. The Balaban J connectivity index is 1.41. The molecular weight excluding hydrogens is 895 g/mol. The molecule has 0 aliphatic carbocycles. The van der Waals surface area contributed by atoms with Crippen LogP contribution < -0.4 is 16.4 Å². The minimum absolute atomic E-state index is 0.0233. The number of anilines is 1. The number of amides is 2. The number of nitrogen functional groups attached to an aromatic ring is 1. The number of nitrogens with zero attached hydrogens (tertiary/aromatic N) is 4. The number of carbonyl (C=O) groups is 3. The molecule has 1 aliphatic heterocycles. The molecule has 1 fully saturated rings. The number of nitrogens with two attached hydrogens (primary N) is 1. The maximum absolute atomic E-state index is 12.7. The maximum atomic E-state index is 12.7. The number of aromatic nitrogens is 4. The first-order valence-electron chi connectivity index (χ1n) is 19.2. The van der Waals surface area contributed by atoms with Crippen LogP contribution in [0.1, 0.15) is 84.8 Å². The van der Waals surface area contributed by atoms with Gasteiger partial charge in [-0.1, -0.05) is 71.1 Å². The van der Waals surface area contributed by atoms with E-state index in [-0.39, 0.29) is 53.8 Å². The summed E-state index contributed by atoms with van der Waals surface area (Å²) in [6, 6.07) is 0. The van der Waals surface area contributed by atoms with Gasteiger partial charge in [0.2, 0.25) is 11.8 Å². The third kappa shape index (κ3) is 17.9. The molecule has 0 aromatic carbocycles. The average molecular weight is 952 g/mol. The quantitative estimate of drug-likeness (QED) is 0.0422. The van der Waals surface area contributed by atoms with E-state index in [2.05, 4.69) is 41.3 Å². The second-order valence-electron chi connectivity index (χ2n) is 14.7. The van der Waals surface area contributed by atoms with Crippen LogP contribution in [0.15, 0.2) is 12.7 Å². The number of aliphatic hydroxyl groups is 3. The molecule has 0 bridgehead atoms. The molecule has 25 nitrogen and oxygen atoms in total. The summed E-state index contributed by atoms with van der Waals surface area (Å²) in [5.41, 5.74) is 4.25. The molecule has 0 saturated carbocycles. The third-order valence-corrected chi connectivity index (χ3v) is 13.1. The number of hydrogen-bond acceptors (Lipinski definition) is 19. The van der Waals surface area contributed by atoms with Crippen LogP contribution in [0.5, 0.6) is 0 Å². The van der Waals surface area contributed by atoms with Crippen molar-refractivity contribution in [3.05, 3.63) is 12.7 Å². The molecule has 0 radical (unpaired) electrons. The molecule has 2 aromatic heterocycles. The van der Waals surface area contributed by atoms with Gasteiger partial charge in [0.1, 0.15) is 36.3 Å². The fourth-order valence-electron chi connectivity index (χ4n) is 5.81. The van der Waals surface area contributed by atoms with Gasteiger partial charge in [-0.3, -0.25) is 32.5 Å². The number of hydrogen-bond donors (Lipinski definition) is 10. The van der Waals surface area contributed by atoms with Gasteiger partial charge in [-0.25, -0.2) is 28.6 Å². The van der Waals surface area contributed by atoms with Crippen molar-refractivity contribution in [3.63, 3.8) is 0 Å². The van der Waals surface area contributed by atoms with Gasteiger partial charge in [-0.2, -0.15) is 4.31 Å². The number of phosphoric acid groups is 3. The van der Waals surface area contributed by atoms with Gasteiger partial charge in [-0.05, 0) is 6.42 Å². The number of fused-ring (bicyclic) bond motifs is 1. The van der Waals surface area contributed by atoms with Crippen molar-refractivity contribution in [3.8, 4) is 0 Å². The fraction of sp³-hybridized carbons (Fsp3) is 0.750. The Bertz CT molecular complexity index is 1910. The Morgan fingerprint density at radius 2 is 1.66 bits per heavy atom. The molecule has 348 valence electrons. The van der Waals surface area contributed by atoms with Crippen molar-refractivity contribution in [2.45, 2.75) is 115 Å². The van der Waals surface area contributed by atoms with Crippen molar-refractivity contribution < 1.29 is 85.6 Å². The molecule has 61 heavy (non-hydrogen) atoms. The van der Waals surface area contributed by atoms with E-state index in [1.165, 1.54) is 20.3 Å². The number of nitrogens with one attached hydrogen (secondary N) is 2. The van der Waals surface area contributed by atoms with E-state index in [9.17, 15) is 63.0 Å². The molecule has 1 saturated heterocycles. The summed E-state index contributed by atoms with van der Waals surface area (Å²) in [5, 5.41) is 36.3. The molecular formula is C32H56N7O18P3S. The first-order chi connectivity index (χ1) is 28.4. The van der Waals surface area contributed by atoms with E-state index in [0.717, 1.165) is 61.1 Å². The summed E-state index contributed by atoms with van der Waals surface area (Å²) in [6.07, 6.45) is -0.651. The number of thioether (sulfide) groups is 1. The predicted octanol–water partition coefficient (Wildman–Crippen LogP) is 1.17. The number of unbranched alkanes of at least 4 members (excludes halogenated alkanes) is 5. The smallest absolute Gasteiger partial charge is 0.393 e. The molecule has 2 aromatic rings. The first kappa shape index (κ1) is 52.9. The van der Waals surface area contributed by atoms with Gasteiger partial charge in [0.15, 0.2) is 22.8 Å². The molecule has 29 heteroatoms. The summed E-state index contributed by atoms with van der Waals surface area (Å²) in [6.45, 7) is 2.53. The van der Waals surface area contributed by atoms with Crippen molar-refractivity contribution in [1.29, 1.82) is 0 Å². The van der Waals surface area contributed by atoms with Crippen molar-refractivity contribution in [2.75, 3.05) is 37.8 Å². The zero-order chi connectivity index (χ0) is 45.6. The minimum atomic E-state index is -5.58. The normalized spacial score (nSPS) is 21.4. The molecule has 2 amide bonds. The number of aliphatic hydroxyl groups excluding tert-OH is 3. The van der Waals surface area contributed by atoms with Gasteiger partial charge in [0.25, 0.3) is 0 Å². The molecule has 0 spiro atoms. The lowest BCUT2D eigenvalue weighted by molar-refractivity contribution is -0.137. The molecule has 3 rings (SSSR count). The predicted molar refractivity (Wildman–Crippen MR) is 216 cm³/mol. The van der Waals surface area contributed by atoms with E-state index < -0.39 is 90.7 Å². The Hall–Kier alpha value is -2.48. The second-order valence-corrected chi connectivity index (χ2v) is 20.1. The third-order valence-electron chi connectivity index (χ3n) is 9.06. The van der Waals surface area contributed by atoms with Crippen molar-refractivity contribution in [1.82, 2.24) is 30.2 Å². The Morgan fingerprint density at radius 1 is 0.984 bits per heavy atom. The van der Waals surface area contributed by atoms with Gasteiger partial charge >= 0.3 is 23.5 Å². The van der Waals surface area contributed by atoms with E-state index >= 15 is 0 Å². The van der Waals surface area contributed by atoms with Gasteiger partial charge in [0.05, 0.1) is 25.6 Å². The first-order valence-corrected chi connectivity index (χ1v) is 24.7. The van der Waals surface area contributed by atoms with Gasteiger partial charge in [0, 0.05) is 37.1 Å². The van der Waals surface area contributed by atoms with Crippen LogP contribution in [-0.4, -0.2) is 134 Å². The largest absolute Gasteiger partial charge is 0.481 e. The van der Waals surface area contributed by atoms with Crippen LogP contribution in [0.2, 0.25) is 0 Å². The highest BCUT2D eigenvalue weighted by Gasteiger charge is 2.50. The highest BCUT2D eigenvalue weighted by atomic mass is 32.2. The van der Waals surface area contributed by atoms with E-state index in [1.807, 2.05) is 0 Å². The van der Waals surface area contributed by atoms with E-state index in [4.69, 9.17) is 19.5 Å². The Labute approximate surface area is 355 Å². The molecule has 1 aliphatic rings. The van der Waals surface area contributed by atoms with Crippen LogP contribution in [0.25, 0.3) is 11.2 Å². The summed E-state index contributed by atoms with van der Waals surface area (Å²) >= 11 is 0.989. The molecule has 8 atom stereocenters. The van der Waals surface area contributed by atoms with Crippen LogP contribution >= 0.6 is 35.2 Å². The molecule has 3 heterocycles. The van der Waals surface area contributed by atoms with Crippen LogP contribution in [0.3, 0.4) is 0 Å². The van der Waals surface area contributed by atoms with Crippen LogP contribution in [0, 0.1) is 5.41 Å². The Morgan fingerprint density at radius 3 is 2.34 bits per heavy atom.